The van der Waals surface area contributed by atoms with Crippen LogP contribution in [0.4, 0.5) is 0 Å². The van der Waals surface area contributed by atoms with Crippen LogP contribution in [-0.2, 0) is 11.2 Å². The summed E-state index contributed by atoms with van der Waals surface area (Å²) in [6.45, 7) is 0. The highest BCUT2D eigenvalue weighted by Gasteiger charge is 2.09. The van der Waals surface area contributed by atoms with Gasteiger partial charge in [-0.1, -0.05) is 34.8 Å². The largest absolute Gasteiger partial charge is 0.481 e. The number of hydrogen-bond donors (Lipinski definition) is 1. The first-order valence-electron chi connectivity index (χ1n) is 5.29. The Balaban J connectivity index is 2.42. The quantitative estimate of drug-likeness (QED) is 0.857. The van der Waals surface area contributed by atoms with E-state index in [9.17, 15) is 4.79 Å². The van der Waals surface area contributed by atoms with Crippen molar-refractivity contribution in [1.29, 1.82) is 0 Å². The molecule has 0 fully saturated rings. The second kappa shape index (κ2) is 5.78. The molecule has 0 aliphatic carbocycles. The van der Waals surface area contributed by atoms with E-state index in [1.165, 1.54) is 0 Å². The molecule has 0 amide bonds. The summed E-state index contributed by atoms with van der Waals surface area (Å²) in [6.07, 6.45) is -0.170. The second-order valence-corrected chi connectivity index (χ2v) is 5.10. The molecule has 19 heavy (non-hydrogen) atoms. The Bertz CT molecular complexity index is 624. The predicted octanol–water partition coefficient (Wildman–Crippen LogP) is 4.34. The molecule has 0 radical (unpaired) electrons. The molecule has 0 aliphatic heterocycles. The second-order valence-electron chi connectivity index (χ2n) is 3.87. The lowest BCUT2D eigenvalue weighted by molar-refractivity contribution is -0.136. The van der Waals surface area contributed by atoms with Crippen molar-refractivity contribution in [3.8, 4) is 11.1 Å². The first kappa shape index (κ1) is 14.1. The van der Waals surface area contributed by atoms with Gasteiger partial charge >= 0.3 is 5.97 Å². The molecule has 98 valence electrons. The minimum absolute atomic E-state index is 0.170. The van der Waals surface area contributed by atoms with Crippen LogP contribution in [0.5, 0.6) is 0 Å². The Morgan fingerprint density at radius 2 is 1.74 bits per heavy atom. The lowest BCUT2D eigenvalue weighted by Gasteiger charge is -2.07. The van der Waals surface area contributed by atoms with E-state index in [1.54, 1.807) is 30.3 Å². The number of rotatable bonds is 3. The third kappa shape index (κ3) is 3.60. The first-order valence-corrected chi connectivity index (χ1v) is 6.43. The monoisotopic (exact) mass is 315 g/mol. The van der Waals surface area contributed by atoms with E-state index in [0.717, 1.165) is 5.56 Å². The zero-order valence-electron chi connectivity index (χ0n) is 9.53. The van der Waals surface area contributed by atoms with Gasteiger partial charge in [-0.15, -0.1) is 0 Å². The summed E-state index contributed by atoms with van der Waals surface area (Å²) in [5, 5.41) is 9.91. The van der Waals surface area contributed by atoms with Crippen LogP contribution in [0.15, 0.2) is 30.3 Å². The van der Waals surface area contributed by atoms with Crippen molar-refractivity contribution in [3.05, 3.63) is 51.2 Å². The summed E-state index contributed by atoms with van der Waals surface area (Å²) in [5.41, 5.74) is 1.78. The molecule has 6 heteroatoms. The molecule has 2 rings (SSSR count). The molecule has 0 saturated carbocycles. The van der Waals surface area contributed by atoms with Crippen LogP contribution in [0.2, 0.25) is 15.2 Å². The van der Waals surface area contributed by atoms with Crippen molar-refractivity contribution in [2.75, 3.05) is 0 Å². The number of benzene rings is 1. The maximum atomic E-state index is 10.6. The van der Waals surface area contributed by atoms with Gasteiger partial charge in [0.1, 0.15) is 5.15 Å². The summed E-state index contributed by atoms with van der Waals surface area (Å²) in [5.74, 6) is -0.956. The molecule has 1 heterocycles. The highest BCUT2D eigenvalue weighted by atomic mass is 35.5. The number of pyridine rings is 1. The van der Waals surface area contributed by atoms with Gasteiger partial charge in [0.15, 0.2) is 0 Å². The van der Waals surface area contributed by atoms with Gasteiger partial charge in [0.05, 0.1) is 12.1 Å². The molecule has 0 spiro atoms. The van der Waals surface area contributed by atoms with Gasteiger partial charge in [0, 0.05) is 15.6 Å². The number of aliphatic carboxylic acids is 1. The van der Waals surface area contributed by atoms with Crippen molar-refractivity contribution in [2.24, 2.45) is 0 Å². The fraction of sp³-hybridized carbons (Fsp3) is 0.0769. The number of halogens is 3. The van der Waals surface area contributed by atoms with E-state index < -0.39 is 5.97 Å². The van der Waals surface area contributed by atoms with Gasteiger partial charge in [-0.2, -0.15) is 0 Å². The SMILES string of the molecule is O=C(O)Cc1ccc(-c2cc(Cl)cc(Cl)c2)c(Cl)n1. The van der Waals surface area contributed by atoms with Crippen LogP contribution >= 0.6 is 34.8 Å². The molecule has 1 aromatic heterocycles. The van der Waals surface area contributed by atoms with Crippen LogP contribution in [0.3, 0.4) is 0 Å². The summed E-state index contributed by atoms with van der Waals surface area (Å²) in [7, 11) is 0. The highest BCUT2D eigenvalue weighted by Crippen LogP contribution is 2.31. The summed E-state index contributed by atoms with van der Waals surface area (Å²) >= 11 is 17.9. The maximum Gasteiger partial charge on any atom is 0.309 e. The van der Waals surface area contributed by atoms with E-state index in [-0.39, 0.29) is 11.6 Å². The summed E-state index contributed by atoms with van der Waals surface area (Å²) in [6, 6.07) is 8.37. The number of carbonyl (C=O) groups is 1. The standard InChI is InChI=1S/C13H8Cl3NO2/c14-8-3-7(4-9(15)5-8)11-2-1-10(6-12(18)19)17-13(11)16/h1-5H,6H2,(H,18,19). The normalized spacial score (nSPS) is 10.5. The number of carboxylic acid groups (broad SMARTS) is 1. The average Bonchev–Trinajstić information content (AvgIpc) is 2.26. The maximum absolute atomic E-state index is 10.6. The van der Waals surface area contributed by atoms with Crippen LogP contribution in [0, 0.1) is 0 Å². The molecule has 1 aromatic carbocycles. The van der Waals surface area contributed by atoms with E-state index >= 15 is 0 Å². The van der Waals surface area contributed by atoms with Crippen LogP contribution < -0.4 is 0 Å². The molecule has 0 unspecified atom stereocenters. The Morgan fingerprint density at radius 3 is 2.26 bits per heavy atom. The van der Waals surface area contributed by atoms with Crippen molar-refractivity contribution in [2.45, 2.75) is 6.42 Å². The minimum atomic E-state index is -0.956. The Labute approximate surface area is 124 Å². The molecular weight excluding hydrogens is 309 g/mol. The molecule has 0 bridgehead atoms. The smallest absolute Gasteiger partial charge is 0.309 e. The van der Waals surface area contributed by atoms with E-state index in [4.69, 9.17) is 39.9 Å². The molecular formula is C13H8Cl3NO2. The first-order chi connectivity index (χ1) is 8.95. The zero-order chi connectivity index (χ0) is 14.0. The molecule has 3 nitrogen and oxygen atoms in total. The lowest BCUT2D eigenvalue weighted by Crippen LogP contribution is -2.02. The number of aromatic nitrogens is 1. The third-order valence-corrected chi connectivity index (χ3v) is 3.14. The van der Waals surface area contributed by atoms with Gasteiger partial charge < -0.3 is 5.11 Å². The average molecular weight is 317 g/mol. The molecule has 0 saturated heterocycles. The summed E-state index contributed by atoms with van der Waals surface area (Å²) < 4.78 is 0. The topological polar surface area (TPSA) is 50.2 Å². The molecule has 2 aromatic rings. The van der Waals surface area contributed by atoms with Gasteiger partial charge in [0.25, 0.3) is 0 Å². The van der Waals surface area contributed by atoms with Gasteiger partial charge in [-0.05, 0) is 35.9 Å². The lowest BCUT2D eigenvalue weighted by atomic mass is 10.1. The fourth-order valence-corrected chi connectivity index (χ4v) is 2.46. The van der Waals surface area contributed by atoms with Crippen molar-refractivity contribution >= 4 is 40.8 Å². The number of nitrogens with zero attached hydrogens (tertiary/aromatic N) is 1. The van der Waals surface area contributed by atoms with Gasteiger partial charge in [0.2, 0.25) is 0 Å². The zero-order valence-corrected chi connectivity index (χ0v) is 11.8. The highest BCUT2D eigenvalue weighted by molar-refractivity contribution is 6.35. The molecule has 0 atom stereocenters. The molecule has 1 N–H and O–H groups in total. The van der Waals surface area contributed by atoms with Crippen LogP contribution in [0.1, 0.15) is 5.69 Å². The Hall–Kier alpha value is -1.29. The minimum Gasteiger partial charge on any atom is -0.481 e. The third-order valence-electron chi connectivity index (χ3n) is 2.41. The Kier molecular flexibility index (Phi) is 4.30. The fourth-order valence-electron chi connectivity index (χ4n) is 1.65. The van der Waals surface area contributed by atoms with Crippen molar-refractivity contribution in [1.82, 2.24) is 4.98 Å². The summed E-state index contributed by atoms with van der Waals surface area (Å²) in [4.78, 5) is 14.7. The number of hydrogen-bond acceptors (Lipinski definition) is 2. The van der Waals surface area contributed by atoms with E-state index in [2.05, 4.69) is 4.98 Å². The van der Waals surface area contributed by atoms with E-state index in [1.807, 2.05) is 0 Å². The van der Waals surface area contributed by atoms with Crippen molar-refractivity contribution in [3.63, 3.8) is 0 Å². The predicted molar refractivity (Wildman–Crippen MR) is 76.0 cm³/mol. The van der Waals surface area contributed by atoms with Gasteiger partial charge in [-0.25, -0.2) is 4.98 Å². The van der Waals surface area contributed by atoms with Crippen molar-refractivity contribution < 1.29 is 9.90 Å². The Morgan fingerprint density at radius 1 is 1.11 bits per heavy atom. The molecule has 0 aliphatic rings. The number of carboxylic acids is 1. The van der Waals surface area contributed by atoms with Crippen LogP contribution in [-0.4, -0.2) is 16.1 Å². The van der Waals surface area contributed by atoms with Gasteiger partial charge in [-0.3, -0.25) is 4.79 Å². The van der Waals surface area contributed by atoms with Crippen LogP contribution in [0.25, 0.3) is 11.1 Å². The van der Waals surface area contributed by atoms with E-state index in [0.29, 0.717) is 21.3 Å².